The molecule has 4 fully saturated rings. The molecule has 1 saturated carbocycles. The fourth-order valence-electron chi connectivity index (χ4n) is 5.70. The number of halogens is 4. The molecule has 3 aliphatic heterocycles. The van der Waals surface area contributed by atoms with Gasteiger partial charge in [-0.15, -0.1) is 0 Å². The summed E-state index contributed by atoms with van der Waals surface area (Å²) in [7, 11) is 0. The zero-order valence-corrected chi connectivity index (χ0v) is 20.3. The van der Waals surface area contributed by atoms with Gasteiger partial charge in [0, 0.05) is 24.9 Å². The van der Waals surface area contributed by atoms with Crippen LogP contribution in [0.15, 0.2) is 18.2 Å². The number of rotatable bonds is 7. The first kappa shape index (κ1) is 26.7. The zero-order valence-electron chi connectivity index (χ0n) is 20.3. The van der Waals surface area contributed by atoms with E-state index in [1.54, 1.807) is 0 Å². The maximum atomic E-state index is 14.9. The molecule has 0 aromatic heterocycles. The molecule has 3 saturated heterocycles. The van der Waals surface area contributed by atoms with Gasteiger partial charge in [-0.05, 0) is 57.2 Å². The van der Waals surface area contributed by atoms with Crippen molar-refractivity contribution in [2.24, 2.45) is 11.8 Å². The highest BCUT2D eigenvalue weighted by molar-refractivity contribution is 5.92. The van der Waals surface area contributed by atoms with Gasteiger partial charge in [0.15, 0.2) is 0 Å². The van der Waals surface area contributed by atoms with Crippen molar-refractivity contribution in [2.45, 2.75) is 75.5 Å². The van der Waals surface area contributed by atoms with Crippen LogP contribution in [0.2, 0.25) is 0 Å². The lowest BCUT2D eigenvalue weighted by atomic mass is 9.71. The second-order valence-corrected chi connectivity index (χ2v) is 10.0. The van der Waals surface area contributed by atoms with Crippen LogP contribution in [0, 0.1) is 34.8 Å². The van der Waals surface area contributed by atoms with Gasteiger partial charge in [0.1, 0.15) is 29.8 Å². The lowest BCUT2D eigenvalue weighted by Crippen LogP contribution is -2.70. The molecule has 0 unspecified atom stereocenters. The summed E-state index contributed by atoms with van der Waals surface area (Å²) in [5, 5.41) is 17.4. The Kier molecular flexibility index (Phi) is 7.62. The summed E-state index contributed by atoms with van der Waals surface area (Å²) in [6, 6.07) is -0.139. The van der Waals surface area contributed by atoms with Crippen LogP contribution < -0.4 is 16.0 Å². The van der Waals surface area contributed by atoms with Crippen LogP contribution in [-0.4, -0.2) is 59.3 Å². The van der Waals surface area contributed by atoms with E-state index in [-0.39, 0.29) is 30.9 Å². The lowest BCUT2D eigenvalue weighted by molar-refractivity contribution is -0.194. The molecule has 6 atom stereocenters. The monoisotopic (exact) mass is 523 g/mol. The van der Waals surface area contributed by atoms with Gasteiger partial charge in [-0.1, -0.05) is 0 Å². The minimum absolute atomic E-state index is 0.0160. The average Bonchev–Trinajstić information content (AvgIpc) is 2.85. The van der Waals surface area contributed by atoms with Crippen molar-refractivity contribution >= 4 is 23.4 Å². The number of alkyl halides is 2. The van der Waals surface area contributed by atoms with E-state index < -0.39 is 71.8 Å². The van der Waals surface area contributed by atoms with Crippen molar-refractivity contribution < 1.29 is 31.9 Å². The van der Waals surface area contributed by atoms with Gasteiger partial charge in [-0.25, -0.2) is 17.6 Å². The Bertz CT molecular complexity index is 1110. The number of amides is 3. The first-order valence-corrected chi connectivity index (χ1v) is 12.4. The van der Waals surface area contributed by atoms with Crippen molar-refractivity contribution in [3.05, 3.63) is 29.8 Å². The van der Waals surface area contributed by atoms with Gasteiger partial charge < -0.3 is 20.9 Å². The van der Waals surface area contributed by atoms with Gasteiger partial charge in [0.2, 0.25) is 17.7 Å². The average molecular weight is 524 g/mol. The van der Waals surface area contributed by atoms with Gasteiger partial charge in [0.05, 0.1) is 17.7 Å². The number of hydrogen-bond acceptors (Lipinski definition) is 5. The molecule has 0 spiro atoms. The third-order valence-electron chi connectivity index (χ3n) is 7.52. The van der Waals surface area contributed by atoms with Crippen LogP contribution in [0.3, 0.4) is 0 Å². The SMILES string of the molecule is C[C@H](Nc1cc(F)ccc1F)C(=O)N1[C@H]2CC[C@@H]([C@H]1C(=O)N[C@H](C#N)C[C@@H]1CCCNC1=O)C(F)(F)C2. The number of benzene rings is 1. The highest BCUT2D eigenvalue weighted by Gasteiger charge is 2.60. The fraction of sp³-hybridized carbons (Fsp3) is 0.600. The minimum atomic E-state index is -3.20. The molecule has 3 heterocycles. The quantitative estimate of drug-likeness (QED) is 0.476. The van der Waals surface area contributed by atoms with E-state index in [1.807, 2.05) is 6.07 Å². The summed E-state index contributed by atoms with van der Waals surface area (Å²) in [4.78, 5) is 40.0. The molecule has 12 heteroatoms. The predicted molar refractivity (Wildman–Crippen MR) is 124 cm³/mol. The number of carbonyl (C=O) groups is 3. The molecular weight excluding hydrogens is 494 g/mol. The number of anilines is 1. The first-order valence-electron chi connectivity index (χ1n) is 12.4. The summed E-state index contributed by atoms with van der Waals surface area (Å²) < 4.78 is 57.5. The van der Waals surface area contributed by atoms with Crippen molar-refractivity contribution in [3.63, 3.8) is 0 Å². The Morgan fingerprint density at radius 2 is 2.03 bits per heavy atom. The Morgan fingerprint density at radius 3 is 2.70 bits per heavy atom. The van der Waals surface area contributed by atoms with Gasteiger partial charge >= 0.3 is 0 Å². The van der Waals surface area contributed by atoms with Gasteiger partial charge in [-0.3, -0.25) is 14.4 Å². The number of nitriles is 1. The molecule has 8 nitrogen and oxygen atoms in total. The van der Waals surface area contributed by atoms with Crippen LogP contribution >= 0.6 is 0 Å². The number of hydrogen-bond donors (Lipinski definition) is 3. The van der Waals surface area contributed by atoms with Crippen molar-refractivity contribution in [2.75, 3.05) is 11.9 Å². The third-order valence-corrected chi connectivity index (χ3v) is 7.52. The maximum Gasteiger partial charge on any atom is 0.255 e. The number of nitrogens with one attached hydrogen (secondary N) is 3. The number of fused-ring (bicyclic) bond motifs is 3. The summed E-state index contributed by atoms with van der Waals surface area (Å²) >= 11 is 0. The van der Waals surface area contributed by atoms with E-state index in [0.29, 0.717) is 13.0 Å². The maximum absolute atomic E-state index is 14.9. The largest absolute Gasteiger partial charge is 0.371 e. The molecule has 1 aromatic rings. The molecule has 37 heavy (non-hydrogen) atoms. The van der Waals surface area contributed by atoms with Crippen molar-refractivity contribution in [1.29, 1.82) is 5.26 Å². The number of carbonyl (C=O) groups excluding carboxylic acids is 3. The molecule has 3 amide bonds. The second-order valence-electron chi connectivity index (χ2n) is 10.0. The summed E-state index contributed by atoms with van der Waals surface area (Å²) in [5.41, 5.74) is -0.273. The van der Waals surface area contributed by atoms with Gasteiger partial charge in [0.25, 0.3) is 5.92 Å². The molecule has 1 aliphatic carbocycles. The van der Waals surface area contributed by atoms with E-state index in [2.05, 4.69) is 16.0 Å². The lowest BCUT2D eigenvalue weighted by Gasteiger charge is -2.54. The van der Waals surface area contributed by atoms with Crippen LogP contribution in [0.4, 0.5) is 23.2 Å². The molecule has 5 rings (SSSR count). The molecule has 3 N–H and O–H groups in total. The van der Waals surface area contributed by atoms with E-state index in [4.69, 9.17) is 0 Å². The normalized spacial score (nSPS) is 28.0. The number of nitrogens with zero attached hydrogens (tertiary/aromatic N) is 2. The zero-order chi connectivity index (χ0) is 26.9. The van der Waals surface area contributed by atoms with Gasteiger partial charge in [-0.2, -0.15) is 5.26 Å². The molecule has 0 radical (unpaired) electrons. The van der Waals surface area contributed by atoms with Crippen LogP contribution in [-0.2, 0) is 14.4 Å². The molecule has 200 valence electrons. The second kappa shape index (κ2) is 10.6. The Labute approximate surface area is 211 Å². The Balaban J connectivity index is 1.54. The van der Waals surface area contributed by atoms with E-state index in [0.717, 1.165) is 29.5 Å². The molecular formula is C25H29F4N5O3. The van der Waals surface area contributed by atoms with Crippen molar-refractivity contribution in [3.8, 4) is 6.07 Å². The summed E-state index contributed by atoms with van der Waals surface area (Å²) in [6.07, 6.45) is 0.952. The minimum Gasteiger partial charge on any atom is -0.371 e. The number of piperidine rings is 3. The third kappa shape index (κ3) is 5.50. The van der Waals surface area contributed by atoms with E-state index >= 15 is 0 Å². The highest BCUT2D eigenvalue weighted by atomic mass is 19.3. The molecule has 4 aliphatic rings. The van der Waals surface area contributed by atoms with E-state index in [1.165, 1.54) is 6.92 Å². The van der Waals surface area contributed by atoms with E-state index in [9.17, 15) is 37.2 Å². The fourth-order valence-corrected chi connectivity index (χ4v) is 5.70. The summed E-state index contributed by atoms with van der Waals surface area (Å²) in [5.74, 6) is -8.52. The molecule has 2 bridgehead atoms. The Morgan fingerprint density at radius 1 is 1.27 bits per heavy atom. The van der Waals surface area contributed by atoms with Crippen molar-refractivity contribution in [1.82, 2.24) is 15.5 Å². The van der Waals surface area contributed by atoms with Crippen LogP contribution in [0.1, 0.15) is 45.4 Å². The smallest absolute Gasteiger partial charge is 0.255 e. The topological polar surface area (TPSA) is 114 Å². The Hall–Kier alpha value is -3.36. The van der Waals surface area contributed by atoms with Crippen LogP contribution in [0.25, 0.3) is 0 Å². The predicted octanol–water partition coefficient (Wildman–Crippen LogP) is 2.70. The van der Waals surface area contributed by atoms with Crippen LogP contribution in [0.5, 0.6) is 0 Å². The standard InChI is InChI=1S/C25H29F4N5O3/c1-13(32-20-10-15(26)4-7-19(20)27)24(37)34-17-5-6-18(25(28,29)11-17)21(34)23(36)33-16(12-30)9-14-3-2-8-31-22(14)35/h4,7,10,13-14,16-18,21,32H,2-3,5-6,8-9,11H2,1H3,(H,31,35)(H,33,36)/t13-,14-,16-,17-,18-,21-/m0/s1. The first-order chi connectivity index (χ1) is 17.5. The summed E-state index contributed by atoms with van der Waals surface area (Å²) in [6.45, 7) is 1.91. The highest BCUT2D eigenvalue weighted by Crippen LogP contribution is 2.49. The molecule has 1 aromatic carbocycles.